The van der Waals surface area contributed by atoms with Crippen LogP contribution in [0.25, 0.3) is 0 Å². The normalized spacial score (nSPS) is 28.2. The number of hydrogen-bond donors (Lipinski definition) is 2. The van der Waals surface area contributed by atoms with Crippen LogP contribution in [0.2, 0.25) is 0 Å². The topological polar surface area (TPSA) is 89.9 Å². The lowest BCUT2D eigenvalue weighted by molar-refractivity contribution is -0.140. The van der Waals surface area contributed by atoms with E-state index in [1.54, 1.807) is 18.4 Å². The molecule has 8 nitrogen and oxygen atoms in total. The molecule has 0 radical (unpaired) electrons. The van der Waals surface area contributed by atoms with Crippen LogP contribution < -0.4 is 15.5 Å². The maximum Gasteiger partial charge on any atom is 0.233 e. The van der Waals surface area contributed by atoms with Gasteiger partial charge in [0.25, 0.3) is 0 Å². The average molecular weight is 403 g/mol. The molecule has 1 aromatic rings. The smallest absolute Gasteiger partial charge is 0.233 e. The van der Waals surface area contributed by atoms with Gasteiger partial charge in [0.05, 0.1) is 24.1 Å². The fourth-order valence-electron chi connectivity index (χ4n) is 4.45. The van der Waals surface area contributed by atoms with Crippen molar-refractivity contribution in [2.45, 2.75) is 13.0 Å². The van der Waals surface area contributed by atoms with Crippen LogP contribution in [0.5, 0.6) is 0 Å². The van der Waals surface area contributed by atoms with Crippen molar-refractivity contribution in [3.8, 4) is 0 Å². The summed E-state index contributed by atoms with van der Waals surface area (Å²) < 4.78 is 0. The highest BCUT2D eigenvalue weighted by molar-refractivity contribution is 7.13. The van der Waals surface area contributed by atoms with Crippen LogP contribution >= 0.6 is 11.3 Å². The maximum absolute atomic E-state index is 12.7. The molecule has 3 aliphatic rings. The van der Waals surface area contributed by atoms with Gasteiger partial charge in [-0.25, -0.2) is 4.98 Å². The first-order valence-electron chi connectivity index (χ1n) is 9.59. The highest BCUT2D eigenvalue weighted by atomic mass is 32.1. The van der Waals surface area contributed by atoms with Crippen molar-refractivity contribution < 1.29 is 9.59 Å². The van der Waals surface area contributed by atoms with Crippen molar-refractivity contribution in [3.63, 3.8) is 0 Å². The summed E-state index contributed by atoms with van der Waals surface area (Å²) in [4.78, 5) is 37.5. The molecule has 2 fully saturated rings. The molecule has 150 valence electrons. The highest BCUT2D eigenvalue weighted by Crippen LogP contribution is 2.52. The molecule has 2 aliphatic carbocycles. The number of nitrogens with zero attached hydrogens (tertiary/aromatic N) is 4. The van der Waals surface area contributed by atoms with E-state index in [9.17, 15) is 9.59 Å². The van der Waals surface area contributed by atoms with Crippen LogP contribution in [0.3, 0.4) is 0 Å². The number of imide groups is 1. The van der Waals surface area contributed by atoms with Gasteiger partial charge in [-0.05, 0) is 18.3 Å². The van der Waals surface area contributed by atoms with Crippen molar-refractivity contribution in [1.29, 1.82) is 0 Å². The first-order valence-corrected chi connectivity index (χ1v) is 10.5. The molecule has 9 heteroatoms. The molecule has 4 unspecified atom stereocenters. The molecule has 1 saturated carbocycles. The fraction of sp³-hybridized carbons (Fsp3) is 0.579. The summed E-state index contributed by atoms with van der Waals surface area (Å²) in [5.74, 6) is 0.866. The van der Waals surface area contributed by atoms with Crippen LogP contribution in [0.4, 0.5) is 5.13 Å². The number of amides is 2. The van der Waals surface area contributed by atoms with Crippen LogP contribution in [0.15, 0.2) is 22.5 Å². The molecule has 4 rings (SSSR count). The highest BCUT2D eigenvalue weighted by Gasteiger charge is 2.58. The lowest BCUT2D eigenvalue weighted by Gasteiger charge is -2.18. The zero-order valence-corrected chi connectivity index (χ0v) is 17.2. The monoisotopic (exact) mass is 402 g/mol. The lowest BCUT2D eigenvalue weighted by Crippen LogP contribution is -2.43. The number of anilines is 1. The van der Waals surface area contributed by atoms with Gasteiger partial charge in [-0.2, -0.15) is 0 Å². The van der Waals surface area contributed by atoms with E-state index in [1.165, 1.54) is 4.90 Å². The second-order valence-corrected chi connectivity index (χ2v) is 8.53. The predicted octanol–water partition coefficient (Wildman–Crippen LogP) is 0.681. The van der Waals surface area contributed by atoms with Gasteiger partial charge in [-0.15, -0.1) is 11.3 Å². The zero-order chi connectivity index (χ0) is 19.8. The van der Waals surface area contributed by atoms with Crippen LogP contribution in [0, 0.1) is 23.7 Å². The molecule has 1 aromatic heterocycles. The van der Waals surface area contributed by atoms with Crippen molar-refractivity contribution >= 4 is 34.2 Å². The summed E-state index contributed by atoms with van der Waals surface area (Å²) >= 11 is 1.59. The summed E-state index contributed by atoms with van der Waals surface area (Å²) in [6.45, 7) is 1.40. The summed E-state index contributed by atoms with van der Waals surface area (Å²) in [7, 11) is 5.63. The number of aliphatic imine (C=N–C) groups is 1. The zero-order valence-electron chi connectivity index (χ0n) is 16.4. The van der Waals surface area contributed by atoms with Gasteiger partial charge < -0.3 is 15.5 Å². The summed E-state index contributed by atoms with van der Waals surface area (Å²) in [6, 6.07) is 0. The number of carbonyl (C=O) groups is 2. The predicted molar refractivity (Wildman–Crippen MR) is 109 cm³/mol. The number of nitrogens with one attached hydrogen (secondary N) is 2. The van der Waals surface area contributed by atoms with E-state index in [1.807, 2.05) is 24.4 Å². The minimum Gasteiger partial charge on any atom is -0.355 e. The number of fused-ring (bicyclic) bond motifs is 5. The van der Waals surface area contributed by atoms with Crippen LogP contribution in [-0.2, 0) is 16.1 Å². The van der Waals surface area contributed by atoms with Crippen molar-refractivity contribution in [2.75, 3.05) is 39.1 Å². The molecule has 0 aromatic carbocycles. The Morgan fingerprint density at radius 3 is 2.50 bits per heavy atom. The molecule has 2 heterocycles. The van der Waals surface area contributed by atoms with Gasteiger partial charge >= 0.3 is 0 Å². The summed E-state index contributed by atoms with van der Waals surface area (Å²) in [5.41, 5.74) is 0.942. The van der Waals surface area contributed by atoms with Crippen molar-refractivity contribution in [3.05, 3.63) is 23.2 Å². The first kappa shape index (κ1) is 18.9. The number of thiazole rings is 1. The number of hydrogen-bond acceptors (Lipinski definition) is 6. The van der Waals surface area contributed by atoms with Gasteiger partial charge in [0.2, 0.25) is 11.8 Å². The van der Waals surface area contributed by atoms with E-state index < -0.39 is 0 Å². The summed E-state index contributed by atoms with van der Waals surface area (Å²) in [5, 5.41) is 9.37. The Kier molecular flexibility index (Phi) is 5.09. The first-order chi connectivity index (χ1) is 13.5. The minimum atomic E-state index is -0.129. The van der Waals surface area contributed by atoms with E-state index in [4.69, 9.17) is 0 Å². The van der Waals surface area contributed by atoms with Crippen LogP contribution in [-0.4, -0.2) is 61.9 Å². The molecule has 2 N–H and O–H groups in total. The Morgan fingerprint density at radius 2 is 1.93 bits per heavy atom. The third-order valence-corrected chi connectivity index (χ3v) is 6.83. The van der Waals surface area contributed by atoms with E-state index in [2.05, 4.69) is 32.8 Å². The van der Waals surface area contributed by atoms with Gasteiger partial charge in [0.1, 0.15) is 0 Å². The number of likely N-dealkylation sites (tertiary alicyclic amines) is 1. The molecule has 1 saturated heterocycles. The Morgan fingerprint density at radius 1 is 1.25 bits per heavy atom. The molecular weight excluding hydrogens is 376 g/mol. The van der Waals surface area contributed by atoms with Gasteiger partial charge in [0, 0.05) is 39.6 Å². The van der Waals surface area contributed by atoms with E-state index in [0.717, 1.165) is 17.2 Å². The second-order valence-electron chi connectivity index (χ2n) is 7.70. The second kappa shape index (κ2) is 7.54. The Bertz CT molecular complexity index is 802. The number of carbonyl (C=O) groups excluding carboxylic acids is 2. The Hall–Kier alpha value is -2.42. The average Bonchev–Trinajstić information content (AvgIpc) is 3.44. The minimum absolute atomic E-state index is 0.00437. The number of allylic oxidation sites excluding steroid dienone is 2. The molecule has 0 spiro atoms. The van der Waals surface area contributed by atoms with Crippen molar-refractivity contribution in [1.82, 2.24) is 20.5 Å². The van der Waals surface area contributed by atoms with E-state index >= 15 is 0 Å². The molecular formula is C19H26N6O2S. The number of aromatic nitrogens is 1. The Labute approximate surface area is 168 Å². The largest absolute Gasteiger partial charge is 0.355 e. The maximum atomic E-state index is 12.7. The van der Waals surface area contributed by atoms with Gasteiger partial charge in [-0.3, -0.25) is 19.5 Å². The standard InChI is InChI=1S/C19H26N6O2S/c1-20-18(22-9-13-10-28-19(23-13)24(2)3)21-6-7-25-16(26)14-11-4-5-12(8-11)15(14)17(25)27/h4-5,10-12,14-15H,6-9H2,1-3H3,(H2,20,21,22). The number of guanidine groups is 1. The third-order valence-electron chi connectivity index (χ3n) is 5.77. The fourth-order valence-corrected chi connectivity index (χ4v) is 5.21. The summed E-state index contributed by atoms with van der Waals surface area (Å²) in [6.07, 6.45) is 5.19. The Balaban J connectivity index is 1.26. The third kappa shape index (κ3) is 3.28. The quantitative estimate of drug-likeness (QED) is 0.315. The van der Waals surface area contributed by atoms with Gasteiger partial charge in [-0.1, -0.05) is 12.2 Å². The van der Waals surface area contributed by atoms with Gasteiger partial charge in [0.15, 0.2) is 11.1 Å². The van der Waals surface area contributed by atoms with Crippen LogP contribution in [0.1, 0.15) is 12.1 Å². The van der Waals surface area contributed by atoms with E-state index in [-0.39, 0.29) is 35.5 Å². The SMILES string of the molecule is CN=C(NCCN1C(=O)C2C3C=CC(C3)C2C1=O)NCc1csc(N(C)C)n1. The molecule has 2 bridgehead atoms. The molecule has 28 heavy (non-hydrogen) atoms. The number of rotatable bonds is 6. The molecule has 1 aliphatic heterocycles. The molecule has 2 amide bonds. The van der Waals surface area contributed by atoms with E-state index in [0.29, 0.717) is 25.6 Å². The molecule has 4 atom stereocenters. The lowest BCUT2D eigenvalue weighted by atomic mass is 9.85. The van der Waals surface area contributed by atoms with Crippen molar-refractivity contribution in [2.24, 2.45) is 28.7 Å².